The number of rotatable bonds is 5. The highest BCUT2D eigenvalue weighted by molar-refractivity contribution is 6.11. The molecule has 7 heteroatoms. The van der Waals surface area contributed by atoms with Crippen LogP contribution in [0.25, 0.3) is 0 Å². The van der Waals surface area contributed by atoms with E-state index >= 15 is 0 Å². The molecular formula is C18H21N3O4. The van der Waals surface area contributed by atoms with E-state index in [2.05, 4.69) is 10.6 Å². The molecule has 1 saturated heterocycles. The van der Waals surface area contributed by atoms with Gasteiger partial charge in [-0.3, -0.25) is 19.3 Å². The molecule has 1 spiro atoms. The van der Waals surface area contributed by atoms with Gasteiger partial charge in [-0.1, -0.05) is 19.8 Å². The van der Waals surface area contributed by atoms with Gasteiger partial charge in [0, 0.05) is 17.7 Å². The van der Waals surface area contributed by atoms with E-state index in [-0.39, 0.29) is 24.1 Å². The predicted octanol–water partition coefficient (Wildman–Crippen LogP) is 2.08. The minimum Gasteiger partial charge on any atom is -0.326 e. The van der Waals surface area contributed by atoms with Crippen molar-refractivity contribution in [2.24, 2.45) is 0 Å². The van der Waals surface area contributed by atoms with Gasteiger partial charge in [-0.25, -0.2) is 4.79 Å². The first kappa shape index (κ1) is 17.1. The Bertz CT molecular complexity index is 720. The molecule has 2 N–H and O–H groups in total. The van der Waals surface area contributed by atoms with Gasteiger partial charge in [0.25, 0.3) is 5.91 Å². The van der Waals surface area contributed by atoms with Gasteiger partial charge in [0.2, 0.25) is 5.91 Å². The molecule has 0 atom stereocenters. The normalized spacial score (nSPS) is 18.5. The summed E-state index contributed by atoms with van der Waals surface area (Å²) >= 11 is 0. The van der Waals surface area contributed by atoms with Crippen LogP contribution in [0.1, 0.15) is 49.4 Å². The molecule has 0 radical (unpaired) electrons. The van der Waals surface area contributed by atoms with Crippen LogP contribution in [0.3, 0.4) is 0 Å². The number of nitrogens with zero attached hydrogens (tertiary/aromatic N) is 1. The van der Waals surface area contributed by atoms with Crippen LogP contribution in [0.5, 0.6) is 0 Å². The number of nitrogens with one attached hydrogen (secondary N) is 2. The number of urea groups is 1. The maximum Gasteiger partial charge on any atom is 0.325 e. The standard InChI is InChI=1S/C18H21N3O4/c1-2-15(23)19-13-7-5-12(6-8-13)14(22)11-21-16(24)18(20-17(21)25)9-3-4-10-18/h5-8H,2-4,9-11H2,1H3,(H,19,23)(H,20,25). The summed E-state index contributed by atoms with van der Waals surface area (Å²) in [5, 5.41) is 5.46. The second-order valence-corrected chi connectivity index (χ2v) is 6.51. The van der Waals surface area contributed by atoms with E-state index in [0.29, 0.717) is 30.5 Å². The Balaban J connectivity index is 1.67. The highest BCUT2D eigenvalue weighted by Gasteiger charge is 2.52. The number of ketones is 1. The largest absolute Gasteiger partial charge is 0.326 e. The molecule has 0 unspecified atom stereocenters. The summed E-state index contributed by atoms with van der Waals surface area (Å²) in [5.41, 5.74) is 0.192. The summed E-state index contributed by atoms with van der Waals surface area (Å²) in [5.74, 6) is -0.720. The zero-order valence-electron chi connectivity index (χ0n) is 14.1. The summed E-state index contributed by atoms with van der Waals surface area (Å²) in [4.78, 5) is 49.5. The van der Waals surface area contributed by atoms with Crippen LogP contribution in [-0.2, 0) is 9.59 Å². The topological polar surface area (TPSA) is 95.6 Å². The van der Waals surface area contributed by atoms with Gasteiger partial charge in [-0.05, 0) is 37.1 Å². The highest BCUT2D eigenvalue weighted by atomic mass is 16.2. The monoisotopic (exact) mass is 343 g/mol. The lowest BCUT2D eigenvalue weighted by Gasteiger charge is -2.19. The Hall–Kier alpha value is -2.70. The number of carbonyl (C=O) groups excluding carboxylic acids is 4. The van der Waals surface area contributed by atoms with E-state index in [1.54, 1.807) is 31.2 Å². The fourth-order valence-electron chi connectivity index (χ4n) is 3.36. The Labute approximate surface area is 145 Å². The van der Waals surface area contributed by atoms with Gasteiger partial charge in [0.05, 0.1) is 6.54 Å². The summed E-state index contributed by atoms with van der Waals surface area (Å²) in [7, 11) is 0. The molecule has 2 fully saturated rings. The van der Waals surface area contributed by atoms with E-state index < -0.39 is 11.6 Å². The van der Waals surface area contributed by atoms with Crippen LogP contribution < -0.4 is 10.6 Å². The fraction of sp³-hybridized carbons (Fsp3) is 0.444. The molecule has 4 amide bonds. The molecule has 7 nitrogen and oxygen atoms in total. The average Bonchev–Trinajstić information content (AvgIpc) is 3.16. The molecular weight excluding hydrogens is 322 g/mol. The highest BCUT2D eigenvalue weighted by Crippen LogP contribution is 2.35. The molecule has 1 aliphatic heterocycles. The number of imide groups is 1. The molecule has 0 aromatic heterocycles. The van der Waals surface area contributed by atoms with Crippen LogP contribution in [0.2, 0.25) is 0 Å². The number of carbonyl (C=O) groups is 4. The molecule has 2 aliphatic rings. The number of amides is 4. The molecule has 1 aromatic carbocycles. The van der Waals surface area contributed by atoms with E-state index in [1.165, 1.54) is 0 Å². The molecule has 3 rings (SSSR count). The number of Topliss-reactive ketones (excluding diaryl/α,β-unsaturated/α-hetero) is 1. The van der Waals surface area contributed by atoms with E-state index in [4.69, 9.17) is 0 Å². The lowest BCUT2D eigenvalue weighted by atomic mass is 9.98. The van der Waals surface area contributed by atoms with Crippen LogP contribution in [-0.4, -0.2) is 40.6 Å². The maximum absolute atomic E-state index is 12.6. The minimum absolute atomic E-state index is 0.111. The summed E-state index contributed by atoms with van der Waals surface area (Å²) in [6.45, 7) is 1.48. The van der Waals surface area contributed by atoms with E-state index in [0.717, 1.165) is 17.7 Å². The first-order chi connectivity index (χ1) is 11.9. The molecule has 1 aliphatic carbocycles. The van der Waals surface area contributed by atoms with Crippen molar-refractivity contribution < 1.29 is 19.2 Å². The Kier molecular flexibility index (Phi) is 4.57. The Morgan fingerprint density at radius 1 is 1.16 bits per heavy atom. The Morgan fingerprint density at radius 3 is 2.40 bits per heavy atom. The van der Waals surface area contributed by atoms with Crippen molar-refractivity contribution in [3.63, 3.8) is 0 Å². The molecule has 0 bridgehead atoms. The van der Waals surface area contributed by atoms with Crippen molar-refractivity contribution in [2.45, 2.75) is 44.6 Å². The van der Waals surface area contributed by atoms with Crippen LogP contribution in [0.4, 0.5) is 10.5 Å². The first-order valence-electron chi connectivity index (χ1n) is 8.52. The minimum atomic E-state index is -0.800. The third-order valence-electron chi connectivity index (χ3n) is 4.82. The third-order valence-corrected chi connectivity index (χ3v) is 4.82. The zero-order valence-corrected chi connectivity index (χ0v) is 14.1. The van der Waals surface area contributed by atoms with E-state index in [9.17, 15) is 19.2 Å². The molecule has 1 aromatic rings. The third kappa shape index (κ3) is 3.26. The molecule has 1 saturated carbocycles. The van der Waals surface area contributed by atoms with Gasteiger partial charge in [-0.15, -0.1) is 0 Å². The van der Waals surface area contributed by atoms with Gasteiger partial charge in [0.1, 0.15) is 5.54 Å². The SMILES string of the molecule is CCC(=O)Nc1ccc(C(=O)CN2C(=O)NC3(CCCC3)C2=O)cc1. The van der Waals surface area contributed by atoms with Crippen LogP contribution in [0, 0.1) is 0 Å². The quantitative estimate of drug-likeness (QED) is 0.632. The lowest BCUT2D eigenvalue weighted by Crippen LogP contribution is -2.44. The lowest BCUT2D eigenvalue weighted by molar-refractivity contribution is -0.130. The zero-order chi connectivity index (χ0) is 18.0. The molecule has 25 heavy (non-hydrogen) atoms. The maximum atomic E-state index is 12.6. The smallest absolute Gasteiger partial charge is 0.325 e. The Morgan fingerprint density at radius 2 is 1.80 bits per heavy atom. The van der Waals surface area contributed by atoms with Crippen molar-refractivity contribution in [3.8, 4) is 0 Å². The van der Waals surface area contributed by atoms with Gasteiger partial charge < -0.3 is 10.6 Å². The van der Waals surface area contributed by atoms with E-state index in [1.807, 2.05) is 0 Å². The fourth-order valence-corrected chi connectivity index (χ4v) is 3.36. The second kappa shape index (κ2) is 6.66. The van der Waals surface area contributed by atoms with Crippen LogP contribution >= 0.6 is 0 Å². The summed E-state index contributed by atoms with van der Waals surface area (Å²) in [6.07, 6.45) is 3.44. The van der Waals surface area contributed by atoms with Gasteiger partial charge in [0.15, 0.2) is 5.78 Å². The first-order valence-corrected chi connectivity index (χ1v) is 8.52. The average molecular weight is 343 g/mol. The molecule has 132 valence electrons. The number of hydrogen-bond donors (Lipinski definition) is 2. The predicted molar refractivity (Wildman–Crippen MR) is 91.1 cm³/mol. The van der Waals surface area contributed by atoms with Crippen LogP contribution in [0.15, 0.2) is 24.3 Å². The number of benzene rings is 1. The van der Waals surface area contributed by atoms with Crippen molar-refractivity contribution in [1.82, 2.24) is 10.2 Å². The van der Waals surface area contributed by atoms with Crippen molar-refractivity contribution in [1.29, 1.82) is 0 Å². The summed E-state index contributed by atoms with van der Waals surface area (Å²) < 4.78 is 0. The number of hydrogen-bond acceptors (Lipinski definition) is 4. The van der Waals surface area contributed by atoms with Gasteiger partial charge >= 0.3 is 6.03 Å². The summed E-state index contributed by atoms with van der Waals surface area (Å²) in [6, 6.07) is 5.93. The van der Waals surface area contributed by atoms with Crippen molar-refractivity contribution >= 4 is 29.3 Å². The second-order valence-electron chi connectivity index (χ2n) is 6.51. The van der Waals surface area contributed by atoms with Gasteiger partial charge in [-0.2, -0.15) is 0 Å². The van der Waals surface area contributed by atoms with Crippen molar-refractivity contribution in [3.05, 3.63) is 29.8 Å². The van der Waals surface area contributed by atoms with Crippen molar-refractivity contribution in [2.75, 3.05) is 11.9 Å². The molecule has 1 heterocycles. The number of anilines is 1.